The third-order valence-electron chi connectivity index (χ3n) is 4.13. The van der Waals surface area contributed by atoms with Gasteiger partial charge in [-0.15, -0.1) is 11.8 Å². The highest BCUT2D eigenvalue weighted by atomic mass is 35.5. The molecular weight excluding hydrogens is 332 g/mol. The van der Waals surface area contributed by atoms with E-state index in [9.17, 15) is 4.79 Å². The molecule has 0 aliphatic carbocycles. The Morgan fingerprint density at radius 1 is 1.48 bits per heavy atom. The molecule has 4 nitrogen and oxygen atoms in total. The van der Waals surface area contributed by atoms with Crippen LogP contribution in [0, 0.1) is 13.8 Å². The molecule has 0 unspecified atom stereocenters. The number of carbonyl (C=O) groups is 1. The average Bonchev–Trinajstić information content (AvgIpc) is 2.84. The fraction of sp³-hybridized carbons (Fsp3) is 0.412. The van der Waals surface area contributed by atoms with Crippen LogP contribution < -0.4 is 5.32 Å². The van der Waals surface area contributed by atoms with Gasteiger partial charge in [0, 0.05) is 27.7 Å². The lowest BCUT2D eigenvalue weighted by molar-refractivity contribution is -0.121. The van der Waals surface area contributed by atoms with E-state index in [-0.39, 0.29) is 11.9 Å². The lowest BCUT2D eigenvalue weighted by Gasteiger charge is -2.26. The molecule has 0 spiro atoms. The predicted molar refractivity (Wildman–Crippen MR) is 92.0 cm³/mol. The molecule has 2 heterocycles. The van der Waals surface area contributed by atoms with Crippen molar-refractivity contribution < 1.29 is 9.32 Å². The molecule has 1 aromatic carbocycles. The molecule has 1 N–H and O–H groups in total. The third-order valence-corrected chi connectivity index (χ3v) is 5.49. The number of carbonyl (C=O) groups excluding carboxylic acids is 1. The monoisotopic (exact) mass is 350 g/mol. The van der Waals surface area contributed by atoms with Crippen molar-refractivity contribution in [2.24, 2.45) is 0 Å². The number of nitrogens with one attached hydrogen (secondary N) is 1. The molecule has 0 saturated carbocycles. The Morgan fingerprint density at radius 3 is 3.04 bits per heavy atom. The smallest absolute Gasteiger partial charge is 0.220 e. The van der Waals surface area contributed by atoms with Gasteiger partial charge in [-0.25, -0.2) is 0 Å². The highest BCUT2D eigenvalue weighted by Gasteiger charge is 2.23. The molecule has 1 amide bonds. The lowest BCUT2D eigenvalue weighted by Crippen LogP contribution is -2.30. The van der Waals surface area contributed by atoms with Crippen molar-refractivity contribution in [1.29, 1.82) is 0 Å². The molecule has 0 bridgehead atoms. The maximum absolute atomic E-state index is 12.3. The number of amides is 1. The molecule has 122 valence electrons. The van der Waals surface area contributed by atoms with Crippen LogP contribution in [0.1, 0.15) is 41.5 Å². The van der Waals surface area contributed by atoms with Crippen LogP contribution in [0.15, 0.2) is 27.6 Å². The predicted octanol–water partition coefficient (Wildman–Crippen LogP) is 4.23. The van der Waals surface area contributed by atoms with Gasteiger partial charge >= 0.3 is 0 Å². The van der Waals surface area contributed by atoms with E-state index < -0.39 is 0 Å². The summed E-state index contributed by atoms with van der Waals surface area (Å²) in [6.45, 7) is 3.78. The summed E-state index contributed by atoms with van der Waals surface area (Å²) >= 11 is 7.92. The van der Waals surface area contributed by atoms with Gasteiger partial charge in [-0.1, -0.05) is 16.8 Å². The molecule has 0 saturated heterocycles. The van der Waals surface area contributed by atoms with Crippen LogP contribution >= 0.6 is 23.4 Å². The Hall–Kier alpha value is -1.46. The van der Waals surface area contributed by atoms with E-state index in [0.29, 0.717) is 17.9 Å². The first-order chi connectivity index (χ1) is 11.0. The summed E-state index contributed by atoms with van der Waals surface area (Å²) in [4.78, 5) is 13.5. The Kier molecular flexibility index (Phi) is 4.97. The Balaban J connectivity index is 1.64. The van der Waals surface area contributed by atoms with Gasteiger partial charge in [0.2, 0.25) is 5.91 Å². The fourth-order valence-corrected chi connectivity index (χ4v) is 4.17. The van der Waals surface area contributed by atoms with Crippen molar-refractivity contribution >= 4 is 29.3 Å². The largest absolute Gasteiger partial charge is 0.361 e. The van der Waals surface area contributed by atoms with Crippen molar-refractivity contribution in [3.63, 3.8) is 0 Å². The van der Waals surface area contributed by atoms with Crippen molar-refractivity contribution in [2.75, 3.05) is 5.75 Å². The number of thioether (sulfide) groups is 1. The second-order valence-corrected chi connectivity index (χ2v) is 7.32. The van der Waals surface area contributed by atoms with Gasteiger partial charge in [0.25, 0.3) is 0 Å². The number of halogens is 1. The summed E-state index contributed by atoms with van der Waals surface area (Å²) in [5, 5.41) is 7.78. The molecule has 23 heavy (non-hydrogen) atoms. The standard InChI is InChI=1S/C17H19ClN2O2S/c1-10-13(11(2)22-20-10)4-6-17(21)19-15-7-8-23-16-5-3-12(18)9-14(15)16/h3,5,9,15H,4,6-8H2,1-2H3,(H,19,21)/t15-/m0/s1. The topological polar surface area (TPSA) is 55.1 Å². The van der Waals surface area contributed by atoms with E-state index in [4.69, 9.17) is 16.1 Å². The van der Waals surface area contributed by atoms with Gasteiger partial charge in [0.15, 0.2) is 0 Å². The van der Waals surface area contributed by atoms with Gasteiger partial charge in [0.05, 0.1) is 11.7 Å². The average molecular weight is 351 g/mol. The number of hydrogen-bond donors (Lipinski definition) is 1. The maximum atomic E-state index is 12.3. The minimum Gasteiger partial charge on any atom is -0.361 e. The number of hydrogen-bond acceptors (Lipinski definition) is 4. The summed E-state index contributed by atoms with van der Waals surface area (Å²) in [7, 11) is 0. The zero-order valence-corrected chi connectivity index (χ0v) is 14.8. The molecule has 1 aliphatic rings. The minimum absolute atomic E-state index is 0.0436. The van der Waals surface area contributed by atoms with Gasteiger partial charge in [0.1, 0.15) is 5.76 Å². The van der Waals surface area contributed by atoms with E-state index in [0.717, 1.165) is 34.8 Å². The molecule has 2 aromatic rings. The molecule has 0 radical (unpaired) electrons. The first-order valence-corrected chi connectivity index (χ1v) is 9.04. The Morgan fingerprint density at radius 2 is 2.30 bits per heavy atom. The number of fused-ring (bicyclic) bond motifs is 1. The first kappa shape index (κ1) is 16.4. The van der Waals surface area contributed by atoms with Gasteiger partial charge in [-0.2, -0.15) is 0 Å². The van der Waals surface area contributed by atoms with E-state index in [1.165, 1.54) is 4.90 Å². The third kappa shape index (κ3) is 3.72. The Bertz CT molecular complexity index is 710. The van der Waals surface area contributed by atoms with Crippen molar-refractivity contribution in [3.05, 3.63) is 45.8 Å². The summed E-state index contributed by atoms with van der Waals surface area (Å²) in [6.07, 6.45) is 2.01. The van der Waals surface area contributed by atoms with E-state index >= 15 is 0 Å². The number of rotatable bonds is 4. The SMILES string of the molecule is Cc1noc(C)c1CCC(=O)N[C@H]1CCSc2ccc(Cl)cc21. The van der Waals surface area contributed by atoms with E-state index in [1.54, 1.807) is 0 Å². The quantitative estimate of drug-likeness (QED) is 0.896. The molecule has 1 atom stereocenters. The number of nitrogens with zero attached hydrogens (tertiary/aromatic N) is 1. The van der Waals surface area contributed by atoms with Gasteiger partial charge < -0.3 is 9.84 Å². The normalized spacial score (nSPS) is 16.9. The molecule has 3 rings (SSSR count). The maximum Gasteiger partial charge on any atom is 0.220 e. The summed E-state index contributed by atoms with van der Waals surface area (Å²) in [5.74, 6) is 1.85. The fourth-order valence-electron chi connectivity index (χ4n) is 2.88. The van der Waals surface area contributed by atoms with Crippen molar-refractivity contribution in [3.8, 4) is 0 Å². The molecule has 1 aliphatic heterocycles. The zero-order chi connectivity index (χ0) is 16.4. The first-order valence-electron chi connectivity index (χ1n) is 7.68. The minimum atomic E-state index is 0.0436. The van der Waals surface area contributed by atoms with Crippen molar-refractivity contribution in [1.82, 2.24) is 10.5 Å². The van der Waals surface area contributed by atoms with Crippen LogP contribution in [0.3, 0.4) is 0 Å². The van der Waals surface area contributed by atoms with Crippen LogP contribution in [0.2, 0.25) is 5.02 Å². The van der Waals surface area contributed by atoms with Crippen molar-refractivity contribution in [2.45, 2.75) is 44.0 Å². The van der Waals surface area contributed by atoms with Gasteiger partial charge in [-0.05, 0) is 50.5 Å². The van der Waals surface area contributed by atoms with Crippen LogP contribution in [0.25, 0.3) is 0 Å². The second-order valence-electron chi connectivity index (χ2n) is 5.74. The molecule has 1 aromatic heterocycles. The highest BCUT2D eigenvalue weighted by Crippen LogP contribution is 2.37. The number of aryl methyl sites for hydroxylation is 2. The van der Waals surface area contributed by atoms with Gasteiger partial charge in [-0.3, -0.25) is 4.79 Å². The van der Waals surface area contributed by atoms with E-state index in [1.807, 2.05) is 43.8 Å². The Labute approximate surface area is 145 Å². The van der Waals surface area contributed by atoms with Crippen LogP contribution in [-0.4, -0.2) is 16.8 Å². The molecule has 0 fully saturated rings. The second kappa shape index (κ2) is 6.97. The zero-order valence-electron chi connectivity index (χ0n) is 13.2. The van der Waals surface area contributed by atoms with Crippen LogP contribution in [-0.2, 0) is 11.2 Å². The molecule has 6 heteroatoms. The number of aromatic nitrogens is 1. The summed E-state index contributed by atoms with van der Waals surface area (Å²) in [5.41, 5.74) is 3.02. The number of benzene rings is 1. The summed E-state index contributed by atoms with van der Waals surface area (Å²) < 4.78 is 5.14. The van der Waals surface area contributed by atoms with E-state index in [2.05, 4.69) is 10.5 Å². The highest BCUT2D eigenvalue weighted by molar-refractivity contribution is 7.99. The van der Waals surface area contributed by atoms with Crippen LogP contribution in [0.4, 0.5) is 0 Å². The summed E-state index contributed by atoms with van der Waals surface area (Å²) in [6, 6.07) is 5.93. The lowest BCUT2D eigenvalue weighted by atomic mass is 10.0. The van der Waals surface area contributed by atoms with Crippen LogP contribution in [0.5, 0.6) is 0 Å². The molecular formula is C17H19ClN2O2S.